The van der Waals surface area contributed by atoms with Crippen LogP contribution < -0.4 is 5.32 Å². The van der Waals surface area contributed by atoms with Gasteiger partial charge in [-0.05, 0) is 25.5 Å². The van der Waals surface area contributed by atoms with Crippen LogP contribution in [0.25, 0.3) is 0 Å². The number of carbonyl (C=O) groups is 1. The van der Waals surface area contributed by atoms with Crippen LogP contribution in [0.4, 0.5) is 5.82 Å². The normalized spacial score (nSPS) is 12.1. The summed E-state index contributed by atoms with van der Waals surface area (Å²) in [4.78, 5) is 15.2. The molecule has 2 N–H and O–H groups in total. The molecule has 1 atom stereocenters. The van der Waals surface area contributed by atoms with Crippen LogP contribution >= 0.6 is 0 Å². The Morgan fingerprint density at radius 1 is 1.23 bits per heavy atom. The van der Waals surface area contributed by atoms with Crippen LogP contribution in [0.2, 0.25) is 0 Å². The molecule has 0 aliphatic heterocycles. The highest BCUT2D eigenvalue weighted by molar-refractivity contribution is 6.04. The van der Waals surface area contributed by atoms with Gasteiger partial charge >= 0.3 is 0 Å². The van der Waals surface area contributed by atoms with Crippen molar-refractivity contribution in [1.82, 2.24) is 14.8 Å². The van der Waals surface area contributed by atoms with Crippen LogP contribution in [-0.4, -0.2) is 20.7 Å². The van der Waals surface area contributed by atoms with Gasteiger partial charge in [0.1, 0.15) is 0 Å². The first-order valence-corrected chi connectivity index (χ1v) is 7.20. The number of benzene rings is 1. The van der Waals surface area contributed by atoms with Gasteiger partial charge in [0, 0.05) is 24.2 Å². The van der Waals surface area contributed by atoms with Crippen molar-refractivity contribution in [2.75, 3.05) is 5.32 Å². The quantitative estimate of drug-likeness (QED) is 0.775. The average Bonchev–Trinajstić information content (AvgIpc) is 3.16. The van der Waals surface area contributed by atoms with Gasteiger partial charge in [-0.3, -0.25) is 9.48 Å². The van der Waals surface area contributed by atoms with E-state index in [0.717, 1.165) is 5.69 Å². The third-order valence-corrected chi connectivity index (χ3v) is 3.73. The lowest BCUT2D eigenvalue weighted by molar-refractivity contribution is 0.102. The molecule has 0 spiro atoms. The number of aromatic nitrogens is 3. The smallest absolute Gasteiger partial charge is 0.258 e. The van der Waals surface area contributed by atoms with E-state index in [9.17, 15) is 4.79 Å². The molecule has 3 aromatic rings. The number of carbonyl (C=O) groups excluding carboxylic acids is 1. The van der Waals surface area contributed by atoms with Crippen molar-refractivity contribution in [2.45, 2.75) is 19.9 Å². The molecule has 2 heterocycles. The second kappa shape index (κ2) is 5.89. The molecule has 0 saturated carbocycles. The maximum atomic E-state index is 12.2. The van der Waals surface area contributed by atoms with E-state index in [-0.39, 0.29) is 11.9 Å². The highest BCUT2D eigenvalue weighted by atomic mass is 16.1. The van der Waals surface area contributed by atoms with Gasteiger partial charge in [0.25, 0.3) is 5.91 Å². The highest BCUT2D eigenvalue weighted by Gasteiger charge is 2.13. The Morgan fingerprint density at radius 3 is 2.68 bits per heavy atom. The van der Waals surface area contributed by atoms with Crippen molar-refractivity contribution in [1.29, 1.82) is 0 Å². The van der Waals surface area contributed by atoms with Crippen molar-refractivity contribution in [2.24, 2.45) is 0 Å². The fourth-order valence-corrected chi connectivity index (χ4v) is 2.39. The van der Waals surface area contributed by atoms with Gasteiger partial charge < -0.3 is 10.3 Å². The predicted octanol–water partition coefficient (Wildman–Crippen LogP) is 3.38. The lowest BCUT2D eigenvalue weighted by atomic mass is 10.1. The number of aromatic amines is 1. The Morgan fingerprint density at radius 2 is 2.00 bits per heavy atom. The van der Waals surface area contributed by atoms with Crippen LogP contribution in [-0.2, 0) is 0 Å². The SMILES string of the molecule is Cc1[nH]ccc1C(=O)Nc1ccn([C@@H](C)c2ccccc2)n1. The molecule has 0 radical (unpaired) electrons. The lowest BCUT2D eigenvalue weighted by Crippen LogP contribution is -2.14. The van der Waals surface area contributed by atoms with Gasteiger partial charge in [0.05, 0.1) is 11.6 Å². The van der Waals surface area contributed by atoms with Crippen LogP contribution in [0.5, 0.6) is 0 Å². The van der Waals surface area contributed by atoms with Crippen molar-refractivity contribution < 1.29 is 4.79 Å². The molecule has 1 amide bonds. The first-order valence-electron chi connectivity index (χ1n) is 7.20. The summed E-state index contributed by atoms with van der Waals surface area (Å²) in [6, 6.07) is 13.8. The minimum absolute atomic E-state index is 0.112. The first-order chi connectivity index (χ1) is 10.6. The Kier molecular flexibility index (Phi) is 3.78. The topological polar surface area (TPSA) is 62.7 Å². The monoisotopic (exact) mass is 294 g/mol. The summed E-state index contributed by atoms with van der Waals surface area (Å²) >= 11 is 0. The van der Waals surface area contributed by atoms with E-state index >= 15 is 0 Å². The number of nitrogens with one attached hydrogen (secondary N) is 2. The summed E-state index contributed by atoms with van der Waals surface area (Å²) in [5.41, 5.74) is 2.64. The van der Waals surface area contributed by atoms with Gasteiger partial charge in [0.15, 0.2) is 5.82 Å². The molecule has 22 heavy (non-hydrogen) atoms. The fraction of sp³-hybridized carbons (Fsp3) is 0.176. The molecular weight excluding hydrogens is 276 g/mol. The van der Waals surface area contributed by atoms with E-state index in [1.807, 2.05) is 36.0 Å². The van der Waals surface area contributed by atoms with E-state index in [2.05, 4.69) is 34.5 Å². The molecule has 0 aliphatic rings. The van der Waals surface area contributed by atoms with Gasteiger partial charge in [-0.25, -0.2) is 0 Å². The summed E-state index contributed by atoms with van der Waals surface area (Å²) in [5, 5.41) is 7.26. The fourth-order valence-electron chi connectivity index (χ4n) is 2.39. The number of amides is 1. The molecule has 0 unspecified atom stereocenters. The van der Waals surface area contributed by atoms with Crippen LogP contribution in [0, 0.1) is 6.92 Å². The molecule has 112 valence electrons. The molecule has 0 saturated heterocycles. The molecule has 0 bridgehead atoms. The Balaban J connectivity index is 1.74. The zero-order valence-electron chi connectivity index (χ0n) is 12.6. The number of hydrogen-bond donors (Lipinski definition) is 2. The van der Waals surface area contributed by atoms with Crippen molar-refractivity contribution >= 4 is 11.7 Å². The molecule has 3 rings (SSSR count). The van der Waals surface area contributed by atoms with Crippen LogP contribution in [0.3, 0.4) is 0 Å². The van der Waals surface area contributed by atoms with E-state index in [1.165, 1.54) is 5.56 Å². The van der Waals surface area contributed by atoms with Crippen LogP contribution in [0.1, 0.15) is 34.6 Å². The molecule has 2 aromatic heterocycles. The molecule has 0 fully saturated rings. The largest absolute Gasteiger partial charge is 0.365 e. The standard InChI is InChI=1S/C17H18N4O/c1-12-15(8-10-18-12)17(22)19-16-9-11-21(20-16)13(2)14-6-4-3-5-7-14/h3-11,13,18H,1-2H3,(H,19,20,22)/t13-/m0/s1. The number of hydrogen-bond acceptors (Lipinski definition) is 2. The Hall–Kier alpha value is -2.82. The number of aryl methyl sites for hydroxylation is 1. The van der Waals surface area contributed by atoms with Crippen molar-refractivity contribution in [3.8, 4) is 0 Å². The summed E-state index contributed by atoms with van der Waals surface area (Å²) in [5.74, 6) is 0.393. The first kappa shape index (κ1) is 14.1. The molecule has 0 aliphatic carbocycles. The minimum Gasteiger partial charge on any atom is -0.365 e. The number of nitrogens with zero attached hydrogens (tertiary/aromatic N) is 2. The predicted molar refractivity (Wildman–Crippen MR) is 86.0 cm³/mol. The van der Waals surface area contributed by atoms with Gasteiger partial charge in [0.2, 0.25) is 0 Å². The van der Waals surface area contributed by atoms with Crippen molar-refractivity contribution in [3.63, 3.8) is 0 Å². The van der Waals surface area contributed by atoms with E-state index in [1.54, 1.807) is 18.3 Å². The average molecular weight is 294 g/mol. The lowest BCUT2D eigenvalue weighted by Gasteiger charge is -2.12. The van der Waals surface area contributed by atoms with E-state index < -0.39 is 0 Å². The van der Waals surface area contributed by atoms with Crippen molar-refractivity contribution in [3.05, 3.63) is 71.7 Å². The Bertz CT molecular complexity index is 773. The molecular formula is C17H18N4O. The number of anilines is 1. The summed E-state index contributed by atoms with van der Waals surface area (Å²) in [6.45, 7) is 3.94. The Labute approximate surface area is 129 Å². The molecule has 5 heteroatoms. The third kappa shape index (κ3) is 2.79. The van der Waals surface area contributed by atoms with E-state index in [4.69, 9.17) is 0 Å². The minimum atomic E-state index is -0.156. The highest BCUT2D eigenvalue weighted by Crippen LogP contribution is 2.18. The summed E-state index contributed by atoms with van der Waals surface area (Å²) in [7, 11) is 0. The summed E-state index contributed by atoms with van der Waals surface area (Å²) in [6.07, 6.45) is 3.62. The second-order valence-corrected chi connectivity index (χ2v) is 5.24. The number of H-pyrrole nitrogens is 1. The zero-order valence-corrected chi connectivity index (χ0v) is 12.6. The van der Waals surface area contributed by atoms with Gasteiger partial charge in [-0.2, -0.15) is 5.10 Å². The maximum Gasteiger partial charge on any atom is 0.258 e. The molecule has 5 nitrogen and oxygen atoms in total. The summed E-state index contributed by atoms with van der Waals surface area (Å²) < 4.78 is 1.84. The van der Waals surface area contributed by atoms with E-state index in [0.29, 0.717) is 11.4 Å². The van der Waals surface area contributed by atoms with Gasteiger partial charge in [-0.15, -0.1) is 0 Å². The third-order valence-electron chi connectivity index (χ3n) is 3.73. The maximum absolute atomic E-state index is 12.2. The van der Waals surface area contributed by atoms with Gasteiger partial charge in [-0.1, -0.05) is 30.3 Å². The number of rotatable bonds is 4. The van der Waals surface area contributed by atoms with Crippen LogP contribution in [0.15, 0.2) is 54.9 Å². The second-order valence-electron chi connectivity index (χ2n) is 5.24. The zero-order chi connectivity index (χ0) is 15.5. The molecule has 1 aromatic carbocycles.